The fourth-order valence-electron chi connectivity index (χ4n) is 4.21. The van der Waals surface area contributed by atoms with E-state index in [2.05, 4.69) is 15.6 Å². The summed E-state index contributed by atoms with van der Waals surface area (Å²) in [7, 11) is 1.63. The molecule has 160 valence electrons. The first kappa shape index (κ1) is 19.9. The van der Waals surface area contributed by atoms with Crippen LogP contribution >= 0.6 is 0 Å². The minimum absolute atomic E-state index is 0.268. The van der Waals surface area contributed by atoms with E-state index in [0.717, 1.165) is 24.2 Å². The van der Waals surface area contributed by atoms with Gasteiger partial charge in [-0.05, 0) is 36.2 Å². The molecule has 3 aromatic carbocycles. The summed E-state index contributed by atoms with van der Waals surface area (Å²) in [6.07, 6.45) is -0.362. The Kier molecular flexibility index (Phi) is 4.93. The van der Waals surface area contributed by atoms with Gasteiger partial charge in [0.25, 0.3) is 11.8 Å². The minimum Gasteiger partial charge on any atom is -0.384 e. The molecular formula is C25H21FN4O2. The van der Waals surface area contributed by atoms with Gasteiger partial charge in [0, 0.05) is 24.7 Å². The molecule has 3 aromatic rings. The highest BCUT2D eigenvalue weighted by atomic mass is 19.1. The maximum atomic E-state index is 14.7. The second kappa shape index (κ2) is 7.92. The van der Waals surface area contributed by atoms with Crippen molar-refractivity contribution < 1.29 is 14.0 Å². The molecule has 0 bridgehead atoms. The summed E-state index contributed by atoms with van der Waals surface area (Å²) < 4.78 is 14.7. The standard InChI is InChI=1S/C25H21FN4O2/c1-30-20-12-5-3-9-17(20)22(16-8-2-4-11-19(16)26)28-23(25(30)32)29-24(31)18-10-6-7-15-13-14-27-21(15)18/h2-12,23,27H,13-14H2,1H3,(H,29,31). The number of fused-ring (bicyclic) bond motifs is 2. The van der Waals surface area contributed by atoms with Gasteiger partial charge in [-0.3, -0.25) is 9.59 Å². The van der Waals surface area contributed by atoms with Crippen LogP contribution in [0.15, 0.2) is 71.7 Å². The minimum atomic E-state index is -1.20. The van der Waals surface area contributed by atoms with Gasteiger partial charge in [0.2, 0.25) is 6.17 Å². The van der Waals surface area contributed by atoms with Crippen LogP contribution in [0, 0.1) is 5.82 Å². The van der Waals surface area contributed by atoms with Crippen molar-refractivity contribution in [2.45, 2.75) is 12.6 Å². The molecule has 0 saturated heterocycles. The van der Waals surface area contributed by atoms with Gasteiger partial charge < -0.3 is 15.5 Å². The van der Waals surface area contributed by atoms with Gasteiger partial charge in [-0.25, -0.2) is 9.38 Å². The topological polar surface area (TPSA) is 73.8 Å². The van der Waals surface area contributed by atoms with Crippen molar-refractivity contribution >= 4 is 28.9 Å². The van der Waals surface area contributed by atoms with Crippen LogP contribution in [0.1, 0.15) is 27.0 Å². The number of hydrogen-bond acceptors (Lipinski definition) is 4. The molecule has 2 aliphatic rings. The number of anilines is 2. The Hall–Kier alpha value is -4.00. The van der Waals surface area contributed by atoms with Crippen LogP contribution in [-0.2, 0) is 11.2 Å². The Balaban J connectivity index is 1.59. The maximum Gasteiger partial charge on any atom is 0.272 e. The number of carbonyl (C=O) groups is 2. The van der Waals surface area contributed by atoms with E-state index in [1.807, 2.05) is 18.2 Å². The van der Waals surface area contributed by atoms with E-state index in [9.17, 15) is 14.0 Å². The molecule has 7 heteroatoms. The average Bonchev–Trinajstić information content (AvgIpc) is 3.27. The number of para-hydroxylation sites is 2. The number of hydrogen-bond donors (Lipinski definition) is 2. The fourth-order valence-corrected chi connectivity index (χ4v) is 4.21. The molecule has 0 fully saturated rings. The van der Waals surface area contributed by atoms with Crippen molar-refractivity contribution in [2.75, 3.05) is 23.8 Å². The molecule has 0 radical (unpaired) electrons. The predicted molar refractivity (Wildman–Crippen MR) is 122 cm³/mol. The molecule has 0 spiro atoms. The molecule has 5 rings (SSSR count). The molecule has 2 amide bonds. The van der Waals surface area contributed by atoms with Gasteiger partial charge in [0.1, 0.15) is 5.82 Å². The van der Waals surface area contributed by atoms with Crippen LogP contribution in [0.3, 0.4) is 0 Å². The lowest BCUT2D eigenvalue weighted by molar-refractivity contribution is -0.119. The van der Waals surface area contributed by atoms with Crippen LogP contribution in [-0.4, -0.2) is 37.3 Å². The number of benzodiazepines with no additional fused rings is 1. The van der Waals surface area contributed by atoms with Crippen molar-refractivity contribution in [3.05, 3.63) is 94.8 Å². The summed E-state index contributed by atoms with van der Waals surface area (Å²) in [6, 6.07) is 19.0. The molecule has 2 aliphatic heterocycles. The highest BCUT2D eigenvalue weighted by molar-refractivity contribution is 6.20. The van der Waals surface area contributed by atoms with Crippen LogP contribution < -0.4 is 15.5 Å². The van der Waals surface area contributed by atoms with Gasteiger partial charge in [0.05, 0.1) is 22.6 Å². The van der Waals surface area contributed by atoms with E-state index < -0.39 is 23.8 Å². The van der Waals surface area contributed by atoms with E-state index in [1.54, 1.807) is 49.5 Å². The zero-order valence-corrected chi connectivity index (χ0v) is 17.4. The van der Waals surface area contributed by atoms with Gasteiger partial charge >= 0.3 is 0 Å². The second-order valence-electron chi connectivity index (χ2n) is 7.76. The normalized spacial score (nSPS) is 17.1. The van der Waals surface area contributed by atoms with Crippen molar-refractivity contribution in [1.82, 2.24) is 5.32 Å². The first-order valence-corrected chi connectivity index (χ1v) is 10.4. The zero-order valence-electron chi connectivity index (χ0n) is 17.4. The van der Waals surface area contributed by atoms with Crippen molar-refractivity contribution in [1.29, 1.82) is 0 Å². The first-order valence-electron chi connectivity index (χ1n) is 10.4. The van der Waals surface area contributed by atoms with E-state index in [-0.39, 0.29) is 5.56 Å². The third kappa shape index (κ3) is 3.32. The quantitative estimate of drug-likeness (QED) is 0.672. The van der Waals surface area contributed by atoms with E-state index in [4.69, 9.17) is 0 Å². The number of nitrogens with one attached hydrogen (secondary N) is 2. The van der Waals surface area contributed by atoms with Crippen molar-refractivity contribution in [3.8, 4) is 0 Å². The smallest absolute Gasteiger partial charge is 0.272 e. The molecular weight excluding hydrogens is 407 g/mol. The van der Waals surface area contributed by atoms with Crippen LogP contribution in [0.5, 0.6) is 0 Å². The third-order valence-electron chi connectivity index (χ3n) is 5.83. The Morgan fingerprint density at radius 2 is 1.81 bits per heavy atom. The van der Waals surface area contributed by atoms with E-state index in [1.165, 1.54) is 11.0 Å². The number of likely N-dealkylation sites (N-methyl/N-ethyl adjacent to an activating group) is 1. The third-order valence-corrected chi connectivity index (χ3v) is 5.83. The van der Waals surface area contributed by atoms with E-state index >= 15 is 0 Å². The van der Waals surface area contributed by atoms with Gasteiger partial charge in [-0.2, -0.15) is 0 Å². The Morgan fingerprint density at radius 1 is 1.06 bits per heavy atom. The molecule has 0 aliphatic carbocycles. The Labute approximate surface area is 184 Å². The molecule has 0 aromatic heterocycles. The molecule has 6 nitrogen and oxygen atoms in total. The summed E-state index contributed by atoms with van der Waals surface area (Å²) in [5.74, 6) is -1.27. The number of nitrogens with zero attached hydrogens (tertiary/aromatic N) is 2. The first-order chi connectivity index (χ1) is 15.5. The number of amides is 2. The number of carbonyl (C=O) groups excluding carboxylic acids is 2. The number of aliphatic imine (C=N–C) groups is 1. The largest absolute Gasteiger partial charge is 0.384 e. The van der Waals surface area contributed by atoms with Crippen LogP contribution in [0.25, 0.3) is 0 Å². The SMILES string of the molecule is CN1C(=O)C(NC(=O)c2cccc3c2NCC3)N=C(c2ccccc2F)c2ccccc21. The lowest BCUT2D eigenvalue weighted by atomic mass is 10.00. The summed E-state index contributed by atoms with van der Waals surface area (Å²) in [4.78, 5) is 32.4. The molecule has 1 unspecified atom stereocenters. The van der Waals surface area contributed by atoms with Crippen molar-refractivity contribution in [2.24, 2.45) is 4.99 Å². The maximum absolute atomic E-state index is 14.7. The van der Waals surface area contributed by atoms with Crippen molar-refractivity contribution in [3.63, 3.8) is 0 Å². The molecule has 2 heterocycles. The number of benzene rings is 3. The second-order valence-corrected chi connectivity index (χ2v) is 7.76. The molecule has 2 N–H and O–H groups in total. The fraction of sp³-hybridized carbons (Fsp3) is 0.160. The summed E-state index contributed by atoms with van der Waals surface area (Å²) in [5.41, 5.74) is 4.10. The lowest BCUT2D eigenvalue weighted by Crippen LogP contribution is -2.46. The molecule has 1 atom stereocenters. The number of rotatable bonds is 3. The van der Waals surface area contributed by atoms with Crippen LogP contribution in [0.2, 0.25) is 0 Å². The van der Waals surface area contributed by atoms with Gasteiger partial charge in [0.15, 0.2) is 0 Å². The Morgan fingerprint density at radius 3 is 2.62 bits per heavy atom. The highest BCUT2D eigenvalue weighted by Gasteiger charge is 2.32. The predicted octanol–water partition coefficient (Wildman–Crippen LogP) is 3.36. The monoisotopic (exact) mass is 428 g/mol. The number of halogens is 1. The van der Waals surface area contributed by atoms with E-state index in [0.29, 0.717) is 22.5 Å². The summed E-state index contributed by atoms with van der Waals surface area (Å²) in [6.45, 7) is 0.760. The van der Waals surface area contributed by atoms with Gasteiger partial charge in [-0.15, -0.1) is 0 Å². The zero-order chi connectivity index (χ0) is 22.2. The highest BCUT2D eigenvalue weighted by Crippen LogP contribution is 2.29. The van der Waals surface area contributed by atoms with Gasteiger partial charge in [-0.1, -0.05) is 42.5 Å². The Bertz CT molecular complexity index is 1270. The van der Waals surface area contributed by atoms with Crippen LogP contribution in [0.4, 0.5) is 15.8 Å². The summed E-state index contributed by atoms with van der Waals surface area (Å²) in [5, 5.41) is 5.99. The average molecular weight is 428 g/mol. The lowest BCUT2D eigenvalue weighted by Gasteiger charge is -2.21. The molecule has 0 saturated carbocycles. The summed E-state index contributed by atoms with van der Waals surface area (Å²) >= 11 is 0. The molecule has 32 heavy (non-hydrogen) atoms.